The fraction of sp³-hybridized carbons (Fsp3) is 0.647. The van der Waals surface area contributed by atoms with E-state index in [9.17, 15) is 0 Å². The number of halogens is 1. The zero-order chi connectivity index (χ0) is 13.6. The Morgan fingerprint density at radius 3 is 2.05 bits per heavy atom. The van der Waals surface area contributed by atoms with Gasteiger partial charge in [-0.15, -0.1) is 12.4 Å². The summed E-state index contributed by atoms with van der Waals surface area (Å²) in [5, 5.41) is 0. The molecule has 0 radical (unpaired) electrons. The first-order chi connectivity index (χ1) is 9.33. The topological polar surface area (TPSA) is 12.5 Å². The molecule has 0 aliphatic carbocycles. The van der Waals surface area contributed by atoms with Crippen LogP contribution in [0.1, 0.15) is 45.1 Å². The lowest BCUT2D eigenvalue weighted by Gasteiger charge is -2.46. The second-order valence-electron chi connectivity index (χ2n) is 5.50. The van der Waals surface area contributed by atoms with E-state index in [-0.39, 0.29) is 17.9 Å². The summed E-state index contributed by atoms with van der Waals surface area (Å²) in [5.41, 5.74) is 1.70. The maximum atomic E-state index is 5.55. The van der Waals surface area contributed by atoms with Gasteiger partial charge in [0.1, 0.15) is 0 Å². The molecule has 1 aliphatic heterocycles. The average Bonchev–Trinajstić information content (AvgIpc) is 2.49. The molecular formula is C17H28ClNO. The number of morpholine rings is 1. The highest BCUT2D eigenvalue weighted by Gasteiger charge is 2.37. The monoisotopic (exact) mass is 297 g/mol. The van der Waals surface area contributed by atoms with Gasteiger partial charge in [0.15, 0.2) is 0 Å². The number of ether oxygens (including phenoxy) is 1. The van der Waals surface area contributed by atoms with Crippen molar-refractivity contribution < 1.29 is 4.74 Å². The predicted molar refractivity (Wildman–Crippen MR) is 87.6 cm³/mol. The first-order valence-electron chi connectivity index (χ1n) is 7.72. The molecule has 0 spiro atoms. The maximum absolute atomic E-state index is 5.55. The fourth-order valence-corrected chi connectivity index (χ4v) is 3.48. The van der Waals surface area contributed by atoms with Crippen LogP contribution in [0.2, 0.25) is 0 Å². The van der Waals surface area contributed by atoms with E-state index in [0.29, 0.717) is 0 Å². The molecule has 0 saturated carbocycles. The van der Waals surface area contributed by atoms with Crippen molar-refractivity contribution in [1.29, 1.82) is 0 Å². The minimum absolute atomic E-state index is 0. The average molecular weight is 298 g/mol. The largest absolute Gasteiger partial charge is 0.379 e. The van der Waals surface area contributed by atoms with Gasteiger partial charge in [-0.1, -0.05) is 57.0 Å². The Bertz CT molecular complexity index is 357. The molecule has 1 aromatic rings. The third-order valence-electron chi connectivity index (χ3n) is 4.25. The Hall–Kier alpha value is -0.570. The lowest BCUT2D eigenvalue weighted by atomic mass is 9.79. The molecule has 1 saturated heterocycles. The standard InChI is InChI=1S/C17H27NO.ClH/c1-3-10-17(11-4-2,16-8-6-5-7-9-16)18-12-14-19-15-13-18;/h5-9H,3-4,10-15H2,1-2H3;1H. The lowest BCUT2D eigenvalue weighted by Crippen LogP contribution is -2.51. The molecule has 0 aromatic heterocycles. The van der Waals surface area contributed by atoms with Crippen molar-refractivity contribution >= 4 is 12.4 Å². The molecule has 0 bridgehead atoms. The van der Waals surface area contributed by atoms with Gasteiger partial charge in [-0.05, 0) is 18.4 Å². The van der Waals surface area contributed by atoms with Crippen LogP contribution in [-0.2, 0) is 10.3 Å². The third-order valence-corrected chi connectivity index (χ3v) is 4.25. The van der Waals surface area contributed by atoms with Crippen molar-refractivity contribution in [1.82, 2.24) is 4.90 Å². The van der Waals surface area contributed by atoms with Crippen LogP contribution in [0, 0.1) is 0 Å². The molecule has 0 atom stereocenters. The van der Waals surface area contributed by atoms with Crippen LogP contribution in [0.4, 0.5) is 0 Å². The summed E-state index contributed by atoms with van der Waals surface area (Å²) in [7, 11) is 0. The minimum atomic E-state index is 0. The van der Waals surface area contributed by atoms with Crippen molar-refractivity contribution in [2.24, 2.45) is 0 Å². The summed E-state index contributed by atoms with van der Waals surface area (Å²) >= 11 is 0. The van der Waals surface area contributed by atoms with Crippen LogP contribution < -0.4 is 0 Å². The van der Waals surface area contributed by atoms with Gasteiger partial charge in [-0.3, -0.25) is 4.90 Å². The van der Waals surface area contributed by atoms with Crippen molar-refractivity contribution in [2.45, 2.75) is 45.1 Å². The van der Waals surface area contributed by atoms with E-state index in [4.69, 9.17) is 4.74 Å². The van der Waals surface area contributed by atoms with Gasteiger partial charge in [-0.25, -0.2) is 0 Å². The molecule has 0 amide bonds. The number of rotatable bonds is 6. The molecule has 1 aromatic carbocycles. The van der Waals surface area contributed by atoms with Crippen molar-refractivity contribution in [3.05, 3.63) is 35.9 Å². The van der Waals surface area contributed by atoms with Gasteiger partial charge in [-0.2, -0.15) is 0 Å². The molecule has 1 aliphatic rings. The summed E-state index contributed by atoms with van der Waals surface area (Å²) in [5.74, 6) is 0. The number of hydrogen-bond donors (Lipinski definition) is 0. The van der Waals surface area contributed by atoms with E-state index >= 15 is 0 Å². The highest BCUT2D eigenvalue weighted by Crippen LogP contribution is 2.38. The van der Waals surface area contributed by atoms with Crippen LogP contribution in [-0.4, -0.2) is 31.2 Å². The first kappa shape index (κ1) is 17.5. The quantitative estimate of drug-likeness (QED) is 0.779. The highest BCUT2D eigenvalue weighted by atomic mass is 35.5. The molecule has 2 nitrogen and oxygen atoms in total. The number of hydrogen-bond acceptors (Lipinski definition) is 2. The summed E-state index contributed by atoms with van der Waals surface area (Å²) in [6.07, 6.45) is 4.94. The van der Waals surface area contributed by atoms with E-state index in [0.717, 1.165) is 26.3 Å². The van der Waals surface area contributed by atoms with E-state index in [1.807, 2.05) is 0 Å². The minimum Gasteiger partial charge on any atom is -0.379 e. The van der Waals surface area contributed by atoms with E-state index in [1.54, 1.807) is 0 Å². The van der Waals surface area contributed by atoms with Gasteiger partial charge < -0.3 is 4.74 Å². The van der Waals surface area contributed by atoms with Gasteiger partial charge in [0, 0.05) is 18.6 Å². The van der Waals surface area contributed by atoms with Gasteiger partial charge >= 0.3 is 0 Å². The third kappa shape index (κ3) is 3.75. The molecular weight excluding hydrogens is 270 g/mol. The van der Waals surface area contributed by atoms with Crippen molar-refractivity contribution in [3.8, 4) is 0 Å². The predicted octanol–water partition coefficient (Wildman–Crippen LogP) is 4.24. The van der Waals surface area contributed by atoms with Crippen molar-refractivity contribution in [3.63, 3.8) is 0 Å². The van der Waals surface area contributed by atoms with E-state index in [1.165, 1.54) is 31.2 Å². The SMILES string of the molecule is CCCC(CCC)(c1ccccc1)N1CCOCC1.Cl. The molecule has 1 fully saturated rings. The lowest BCUT2D eigenvalue weighted by molar-refractivity contribution is -0.0333. The smallest absolute Gasteiger partial charge is 0.0594 e. The number of nitrogens with zero attached hydrogens (tertiary/aromatic N) is 1. The molecule has 1 heterocycles. The Balaban J connectivity index is 0.00000200. The molecule has 0 N–H and O–H groups in total. The van der Waals surface area contributed by atoms with Gasteiger partial charge in [0.05, 0.1) is 13.2 Å². The normalized spacial score (nSPS) is 16.7. The molecule has 20 heavy (non-hydrogen) atoms. The van der Waals surface area contributed by atoms with Crippen LogP contribution >= 0.6 is 12.4 Å². The van der Waals surface area contributed by atoms with Crippen molar-refractivity contribution in [2.75, 3.05) is 26.3 Å². The number of benzene rings is 1. The van der Waals surface area contributed by atoms with Crippen LogP contribution in [0.25, 0.3) is 0 Å². The Kier molecular flexibility index (Phi) is 7.57. The second-order valence-corrected chi connectivity index (χ2v) is 5.50. The zero-order valence-electron chi connectivity index (χ0n) is 12.8. The molecule has 2 rings (SSSR count). The summed E-state index contributed by atoms with van der Waals surface area (Å²) < 4.78 is 5.55. The van der Waals surface area contributed by atoms with Crippen LogP contribution in [0.3, 0.4) is 0 Å². The van der Waals surface area contributed by atoms with Gasteiger partial charge in [0.25, 0.3) is 0 Å². The summed E-state index contributed by atoms with van der Waals surface area (Å²) in [4.78, 5) is 2.67. The van der Waals surface area contributed by atoms with Crippen LogP contribution in [0.5, 0.6) is 0 Å². The van der Waals surface area contributed by atoms with Gasteiger partial charge in [0.2, 0.25) is 0 Å². The maximum Gasteiger partial charge on any atom is 0.0594 e. The van der Waals surface area contributed by atoms with E-state index in [2.05, 4.69) is 49.1 Å². The summed E-state index contributed by atoms with van der Waals surface area (Å²) in [6.45, 7) is 8.48. The molecule has 3 heteroatoms. The molecule has 114 valence electrons. The van der Waals surface area contributed by atoms with Crippen LogP contribution in [0.15, 0.2) is 30.3 Å². The molecule has 0 unspecified atom stereocenters. The highest BCUT2D eigenvalue weighted by molar-refractivity contribution is 5.85. The van der Waals surface area contributed by atoms with E-state index < -0.39 is 0 Å². The fourth-order valence-electron chi connectivity index (χ4n) is 3.48. The Morgan fingerprint density at radius 1 is 1.00 bits per heavy atom. The Morgan fingerprint density at radius 2 is 1.55 bits per heavy atom. The summed E-state index contributed by atoms with van der Waals surface area (Å²) in [6, 6.07) is 11.1. The Labute approximate surface area is 129 Å². The second kappa shape index (κ2) is 8.66. The first-order valence-corrected chi connectivity index (χ1v) is 7.72. The zero-order valence-corrected chi connectivity index (χ0v) is 13.6.